The fourth-order valence-electron chi connectivity index (χ4n) is 13.0. The predicted molar refractivity (Wildman–Crippen MR) is 252 cm³/mol. The van der Waals surface area contributed by atoms with Gasteiger partial charge < -0.3 is 69.3 Å². The lowest BCUT2D eigenvalue weighted by Gasteiger charge is -2.70. The molecule has 6 fully saturated rings. The molecule has 22 atom stereocenters. The third-order valence-corrected chi connectivity index (χ3v) is 17.7. The van der Waals surface area contributed by atoms with Crippen molar-refractivity contribution in [1.82, 2.24) is 0 Å². The lowest BCUT2D eigenvalue weighted by atomic mass is 9.24. The number of carboxylic acids is 1. The first-order chi connectivity index (χ1) is 32.2. The molecule has 2 heterocycles. The maximum absolute atomic E-state index is 13.6. The second kappa shape index (κ2) is 19.9. The number of carbonyl (C=O) groups excluding carboxylic acids is 2. The molecule has 2 saturated heterocycles. The number of carboxylic acid groups (broad SMARTS) is 1. The van der Waals surface area contributed by atoms with E-state index in [2.05, 4.69) is 0 Å². The number of rotatable bonds is 11. The minimum atomic E-state index is -1.84. The Balaban J connectivity index is 1.18. The van der Waals surface area contributed by atoms with Gasteiger partial charge in [-0.25, -0.2) is 14.4 Å². The molecule has 370 valence electrons. The van der Waals surface area contributed by atoms with Crippen molar-refractivity contribution >= 4 is 69.8 Å². The van der Waals surface area contributed by atoms with Gasteiger partial charge in [0.15, 0.2) is 24.8 Å². The summed E-state index contributed by atoms with van der Waals surface area (Å²) in [4.78, 5) is 39.2. The largest absolute Gasteiger partial charge is 0.479 e. The molecule has 23 heteroatoms. The highest BCUT2D eigenvalue weighted by molar-refractivity contribution is 7.83. The Hall–Kier alpha value is -2.14. The number of aliphatic hydroxyl groups is 7. The van der Waals surface area contributed by atoms with E-state index in [9.17, 15) is 55.2 Å². The molecule has 4 saturated carbocycles. The number of allylic oxidation sites excluding steroid dienone is 4. The first-order valence-corrected chi connectivity index (χ1v) is 24.2. The molecule has 0 bridgehead atoms. The van der Waals surface area contributed by atoms with Crippen LogP contribution >= 0.6 is 12.6 Å². The van der Waals surface area contributed by atoms with Crippen molar-refractivity contribution in [3.8, 4) is 0 Å². The molecule has 0 spiro atoms. The van der Waals surface area contributed by atoms with Gasteiger partial charge in [0.25, 0.3) is 0 Å². The van der Waals surface area contributed by atoms with E-state index < -0.39 is 166 Å². The summed E-state index contributed by atoms with van der Waals surface area (Å²) >= 11 is 4.85. The van der Waals surface area contributed by atoms with Crippen molar-refractivity contribution < 1.29 is 83.7 Å². The van der Waals surface area contributed by atoms with Crippen molar-refractivity contribution in [2.24, 2.45) is 35.0 Å². The molecule has 7 aliphatic rings. The van der Waals surface area contributed by atoms with Gasteiger partial charge in [-0.3, -0.25) is 0 Å². The normalized spacial score (nSPS) is 48.6. The average molecular weight is 974 g/mol. The van der Waals surface area contributed by atoms with E-state index >= 15 is 0 Å². The molecular formula is C46H63B5O17S. The molecule has 0 aromatic rings. The number of fused-ring (bicyclic) bond motifs is 7. The first-order valence-electron chi connectivity index (χ1n) is 23.7. The topological polar surface area (TPSA) is 268 Å². The Morgan fingerprint density at radius 1 is 0.797 bits per heavy atom. The maximum Gasteiger partial charge on any atom is 0.335 e. The van der Waals surface area contributed by atoms with Crippen LogP contribution in [-0.4, -0.2) is 196 Å². The smallest absolute Gasteiger partial charge is 0.335 e. The lowest BCUT2D eigenvalue weighted by Crippen LogP contribution is -2.71. The Labute approximate surface area is 414 Å². The second-order valence-electron chi connectivity index (χ2n) is 20.8. The van der Waals surface area contributed by atoms with Crippen molar-refractivity contribution in [1.29, 1.82) is 0 Å². The van der Waals surface area contributed by atoms with Crippen LogP contribution in [-0.2, 0) is 42.8 Å². The van der Waals surface area contributed by atoms with Gasteiger partial charge in [-0.15, -0.1) is 0 Å². The van der Waals surface area contributed by atoms with E-state index in [0.717, 1.165) is 5.57 Å². The molecule has 5 aliphatic carbocycles. The van der Waals surface area contributed by atoms with Crippen molar-refractivity contribution in [2.75, 3.05) is 13.2 Å². The van der Waals surface area contributed by atoms with Crippen LogP contribution in [0.1, 0.15) is 79.6 Å². The average Bonchev–Trinajstić information content (AvgIpc) is 3.29. The zero-order chi connectivity index (χ0) is 51.1. The second-order valence-corrected chi connectivity index (χ2v) is 21.6. The van der Waals surface area contributed by atoms with Crippen LogP contribution in [0.2, 0.25) is 15.8 Å². The molecule has 10 radical (unpaired) electrons. The third kappa shape index (κ3) is 8.99. The lowest BCUT2D eigenvalue weighted by molar-refractivity contribution is -0.363. The Bertz CT molecular complexity index is 2060. The van der Waals surface area contributed by atoms with Gasteiger partial charge in [-0.1, -0.05) is 71.7 Å². The van der Waals surface area contributed by atoms with Gasteiger partial charge >= 0.3 is 17.9 Å². The molecule has 17 nitrogen and oxygen atoms in total. The molecule has 2 aliphatic heterocycles. The summed E-state index contributed by atoms with van der Waals surface area (Å²) in [6, 6.07) is 0. The zero-order valence-corrected chi connectivity index (χ0v) is 40.5. The van der Waals surface area contributed by atoms with E-state index in [-0.39, 0.29) is 43.3 Å². The fraction of sp³-hybridized carbons (Fsp3) is 0.804. The van der Waals surface area contributed by atoms with Crippen LogP contribution in [0.15, 0.2) is 34.9 Å². The molecule has 7 rings (SSSR count). The monoisotopic (exact) mass is 974 g/mol. The summed E-state index contributed by atoms with van der Waals surface area (Å²) in [6.07, 6.45) is -13.9. The van der Waals surface area contributed by atoms with Crippen molar-refractivity contribution in [3.05, 3.63) is 34.9 Å². The Kier molecular flexibility index (Phi) is 15.8. The predicted octanol–water partition coefficient (Wildman–Crippen LogP) is -0.449. The molecule has 8 N–H and O–H groups in total. The summed E-state index contributed by atoms with van der Waals surface area (Å²) < 4.78 is 34.4. The number of aliphatic hydroxyl groups excluding tert-OH is 7. The third-order valence-electron chi connectivity index (χ3n) is 17.3. The SMILES string of the molecule is [B]C1([B])C2CC[C@@]3([B])C4C[C@@H](O)[C@]5(CO)C(C[C@@]([B])(S)[C@@H](OC(=O)/C(C)=C\C)[C@@H]5OC(=O)/C(C)=C\C)C4=CCC3[C@@]2([B])CC[C@@H]1OC1OC(C(=O)O)C(O)C(C)C1OC1OC(CO)C(O)C(O)C1O. The molecular weight excluding hydrogens is 911 g/mol. The summed E-state index contributed by atoms with van der Waals surface area (Å²) in [5.74, 6) is -6.57. The van der Waals surface area contributed by atoms with Crippen LogP contribution in [0.25, 0.3) is 0 Å². The zero-order valence-electron chi connectivity index (χ0n) is 39.6. The molecule has 69 heavy (non-hydrogen) atoms. The highest BCUT2D eigenvalue weighted by Crippen LogP contribution is 2.76. The summed E-state index contributed by atoms with van der Waals surface area (Å²) in [7, 11) is 36.4. The minimum Gasteiger partial charge on any atom is -0.479 e. The molecule has 0 aromatic heterocycles. The number of esters is 2. The van der Waals surface area contributed by atoms with Crippen LogP contribution in [0.4, 0.5) is 0 Å². The summed E-state index contributed by atoms with van der Waals surface area (Å²) in [5, 5.41) is 82.5. The number of ether oxygens (including phenoxy) is 6. The van der Waals surface area contributed by atoms with Crippen LogP contribution in [0.5, 0.6) is 0 Å². The van der Waals surface area contributed by atoms with E-state index in [4.69, 9.17) is 80.3 Å². The van der Waals surface area contributed by atoms with E-state index in [1.54, 1.807) is 39.8 Å². The number of carbonyl (C=O) groups is 3. The van der Waals surface area contributed by atoms with Gasteiger partial charge in [0.2, 0.25) is 0 Å². The van der Waals surface area contributed by atoms with Gasteiger partial charge in [0.1, 0.15) is 36.6 Å². The summed E-state index contributed by atoms with van der Waals surface area (Å²) in [5.41, 5.74) is -0.365. The van der Waals surface area contributed by atoms with Crippen LogP contribution in [0.3, 0.4) is 0 Å². The Morgan fingerprint density at radius 2 is 1.41 bits per heavy atom. The standard InChI is InChI=1S/C46H63B5O17S/c1-6-18(3)38(61)67-35-36(68-39(62)19(4)7-2)45(49,69)15-23-21-8-9-25-43(47,22(21)14-27(54)42(23,35)17-53)12-10-26-44(25,48)13-11-28(46(26,50)51)64-41-33(20(5)29(55)34(66-41)37(59)60)65-40-32(58)31(57)30(56)24(16-52)63-40/h6-8,20,22-36,40-41,52-58,69H,9-17H2,1-5H3,(H,59,60)/b18-6-,19-7-/t20?,22?,23?,24?,25?,26?,27-,28+,29?,30?,31?,32?,33?,34?,35+,36+,40?,41?,42+,43-,44+,45-/m1/s1. The molecule has 14 unspecified atom stereocenters. The van der Waals surface area contributed by atoms with E-state index in [1.165, 1.54) is 6.92 Å². The van der Waals surface area contributed by atoms with Gasteiger partial charge in [0, 0.05) is 21.7 Å². The quantitative estimate of drug-likeness (QED) is 0.0317. The minimum absolute atomic E-state index is 0.00223. The molecule has 0 aromatic carbocycles. The number of hydrogen-bond acceptors (Lipinski definition) is 17. The van der Waals surface area contributed by atoms with Crippen LogP contribution in [0, 0.1) is 35.0 Å². The highest BCUT2D eigenvalue weighted by atomic mass is 32.1. The maximum atomic E-state index is 13.6. The van der Waals surface area contributed by atoms with E-state index in [0.29, 0.717) is 12.8 Å². The number of aliphatic carboxylic acids is 1. The fourth-order valence-corrected chi connectivity index (χ4v) is 13.3. The summed E-state index contributed by atoms with van der Waals surface area (Å²) in [6.45, 7) is 6.43. The Morgan fingerprint density at radius 3 is 1.99 bits per heavy atom. The first kappa shape index (κ1) is 54.6. The van der Waals surface area contributed by atoms with Crippen molar-refractivity contribution in [3.63, 3.8) is 0 Å². The van der Waals surface area contributed by atoms with Crippen molar-refractivity contribution in [2.45, 2.75) is 180 Å². The van der Waals surface area contributed by atoms with Gasteiger partial charge in [0.05, 0.1) is 76.2 Å². The van der Waals surface area contributed by atoms with E-state index in [1.807, 2.05) is 6.08 Å². The van der Waals surface area contributed by atoms with Crippen LogP contribution < -0.4 is 0 Å². The van der Waals surface area contributed by atoms with Gasteiger partial charge in [-0.05, 0) is 71.1 Å². The number of hydrogen-bond donors (Lipinski definition) is 9. The number of thiol groups is 1. The highest BCUT2D eigenvalue weighted by Gasteiger charge is 2.71. The molecule has 0 amide bonds. The van der Waals surface area contributed by atoms with Gasteiger partial charge in [-0.2, -0.15) is 12.6 Å².